The Labute approximate surface area is 191 Å². The molecule has 3 aromatic rings. The number of ether oxygens (including phenoxy) is 1. The fourth-order valence-corrected chi connectivity index (χ4v) is 4.85. The van der Waals surface area contributed by atoms with E-state index in [1.165, 1.54) is 30.8 Å². The topological polar surface area (TPSA) is 97.7 Å². The second-order valence-corrected chi connectivity index (χ2v) is 10.4. The molecule has 1 heterocycles. The first kappa shape index (κ1) is 23.7. The van der Waals surface area contributed by atoms with Gasteiger partial charge < -0.3 is 10.1 Å². The summed E-state index contributed by atoms with van der Waals surface area (Å²) in [6.07, 6.45) is 0. The van der Waals surface area contributed by atoms with Crippen LogP contribution in [0.1, 0.15) is 26.5 Å². The molecule has 0 aliphatic rings. The van der Waals surface area contributed by atoms with Crippen LogP contribution in [0.3, 0.4) is 0 Å². The van der Waals surface area contributed by atoms with Crippen molar-refractivity contribution in [3.8, 4) is 5.75 Å². The van der Waals surface area contributed by atoms with E-state index >= 15 is 0 Å². The Kier molecular flexibility index (Phi) is 7.17. The molecule has 0 aliphatic heterocycles. The SMILES string of the molecule is COc1ccc(CNC(=O)c2sc(=O)n(Cc3ccc(S(=O)(=O)N(C)C)cc3)c2C)cc1. The largest absolute Gasteiger partial charge is 0.497 e. The molecule has 10 heteroatoms. The van der Waals surface area contributed by atoms with E-state index in [0.29, 0.717) is 17.1 Å². The quantitative estimate of drug-likeness (QED) is 0.540. The number of aromatic nitrogens is 1. The van der Waals surface area contributed by atoms with Gasteiger partial charge in [-0.3, -0.25) is 14.2 Å². The monoisotopic (exact) mass is 475 g/mol. The van der Waals surface area contributed by atoms with Crippen molar-refractivity contribution in [2.24, 2.45) is 0 Å². The second-order valence-electron chi connectivity index (χ2n) is 7.33. The molecule has 0 unspecified atom stereocenters. The number of nitrogens with one attached hydrogen (secondary N) is 1. The Morgan fingerprint density at radius 2 is 1.66 bits per heavy atom. The van der Waals surface area contributed by atoms with Gasteiger partial charge in [-0.1, -0.05) is 35.6 Å². The van der Waals surface area contributed by atoms with Crippen molar-refractivity contribution in [1.82, 2.24) is 14.2 Å². The highest BCUT2D eigenvalue weighted by atomic mass is 32.2. The van der Waals surface area contributed by atoms with Crippen LogP contribution >= 0.6 is 11.3 Å². The summed E-state index contributed by atoms with van der Waals surface area (Å²) in [7, 11) is 1.02. The molecule has 0 radical (unpaired) electrons. The molecule has 1 amide bonds. The van der Waals surface area contributed by atoms with Crippen molar-refractivity contribution in [3.05, 3.63) is 79.9 Å². The zero-order valence-corrected chi connectivity index (χ0v) is 19.9. The summed E-state index contributed by atoms with van der Waals surface area (Å²) in [4.78, 5) is 25.5. The normalized spacial score (nSPS) is 11.5. The Morgan fingerprint density at radius 3 is 2.22 bits per heavy atom. The number of rotatable bonds is 8. The molecule has 170 valence electrons. The van der Waals surface area contributed by atoms with E-state index in [2.05, 4.69) is 5.32 Å². The molecule has 8 nitrogen and oxygen atoms in total. The molecule has 0 bridgehead atoms. The van der Waals surface area contributed by atoms with Gasteiger partial charge in [-0.25, -0.2) is 12.7 Å². The third-order valence-corrected chi connectivity index (χ3v) is 7.91. The number of sulfonamides is 1. The third kappa shape index (κ3) is 5.09. The number of amides is 1. The van der Waals surface area contributed by atoms with Crippen LogP contribution in [-0.4, -0.2) is 44.4 Å². The van der Waals surface area contributed by atoms with Crippen molar-refractivity contribution < 1.29 is 17.9 Å². The summed E-state index contributed by atoms with van der Waals surface area (Å²) >= 11 is 0.894. The number of benzene rings is 2. The number of hydrogen-bond donors (Lipinski definition) is 1. The van der Waals surface area contributed by atoms with E-state index in [4.69, 9.17) is 4.74 Å². The summed E-state index contributed by atoms with van der Waals surface area (Å²) in [6, 6.07) is 13.7. The Balaban J connectivity index is 1.72. The lowest BCUT2D eigenvalue weighted by molar-refractivity contribution is 0.0954. The van der Waals surface area contributed by atoms with Crippen LogP contribution in [0.25, 0.3) is 0 Å². The number of thiazole rings is 1. The zero-order chi connectivity index (χ0) is 23.5. The number of nitrogens with zero attached hydrogens (tertiary/aromatic N) is 2. The average molecular weight is 476 g/mol. The molecule has 0 fully saturated rings. The average Bonchev–Trinajstić information content (AvgIpc) is 3.06. The predicted molar refractivity (Wildman–Crippen MR) is 124 cm³/mol. The van der Waals surface area contributed by atoms with Crippen LogP contribution in [0.4, 0.5) is 0 Å². The molecule has 0 atom stereocenters. The van der Waals surface area contributed by atoms with Gasteiger partial charge in [-0.2, -0.15) is 0 Å². The van der Waals surface area contributed by atoms with E-state index in [1.807, 2.05) is 24.3 Å². The van der Waals surface area contributed by atoms with Gasteiger partial charge in [0.15, 0.2) is 0 Å². The first-order valence-electron chi connectivity index (χ1n) is 9.76. The molecule has 1 N–H and O–H groups in total. The lowest BCUT2D eigenvalue weighted by Gasteiger charge is -2.12. The van der Waals surface area contributed by atoms with Gasteiger partial charge in [0.05, 0.1) is 18.6 Å². The summed E-state index contributed by atoms with van der Waals surface area (Å²) < 4.78 is 32.2. The first-order valence-corrected chi connectivity index (χ1v) is 12.0. The maximum Gasteiger partial charge on any atom is 0.308 e. The number of methoxy groups -OCH3 is 1. The van der Waals surface area contributed by atoms with Gasteiger partial charge in [0.1, 0.15) is 10.6 Å². The van der Waals surface area contributed by atoms with Crippen LogP contribution in [0, 0.1) is 6.92 Å². The van der Waals surface area contributed by atoms with Gasteiger partial charge in [-0.05, 0) is 42.3 Å². The first-order chi connectivity index (χ1) is 15.1. The van der Waals surface area contributed by atoms with Gasteiger partial charge in [0.2, 0.25) is 10.0 Å². The summed E-state index contributed by atoms with van der Waals surface area (Å²) in [5.41, 5.74) is 2.24. The minimum atomic E-state index is -3.52. The highest BCUT2D eigenvalue weighted by molar-refractivity contribution is 7.89. The van der Waals surface area contributed by atoms with Crippen LogP contribution in [-0.2, 0) is 23.1 Å². The van der Waals surface area contributed by atoms with Crippen LogP contribution in [0.2, 0.25) is 0 Å². The second kappa shape index (κ2) is 9.68. The van der Waals surface area contributed by atoms with E-state index < -0.39 is 10.0 Å². The smallest absolute Gasteiger partial charge is 0.308 e. The van der Waals surface area contributed by atoms with Gasteiger partial charge in [0, 0.05) is 26.3 Å². The minimum absolute atomic E-state index is 0.180. The van der Waals surface area contributed by atoms with Crippen LogP contribution in [0.5, 0.6) is 5.75 Å². The van der Waals surface area contributed by atoms with Crippen molar-refractivity contribution in [3.63, 3.8) is 0 Å². The van der Waals surface area contributed by atoms with Gasteiger partial charge >= 0.3 is 4.87 Å². The molecular weight excluding hydrogens is 450 g/mol. The van der Waals surface area contributed by atoms with E-state index in [-0.39, 0.29) is 22.2 Å². The van der Waals surface area contributed by atoms with Crippen molar-refractivity contribution in [1.29, 1.82) is 0 Å². The lowest BCUT2D eigenvalue weighted by Crippen LogP contribution is -2.23. The van der Waals surface area contributed by atoms with Crippen molar-refractivity contribution in [2.45, 2.75) is 24.9 Å². The Bertz CT molecular complexity index is 1260. The van der Waals surface area contributed by atoms with Crippen molar-refractivity contribution in [2.75, 3.05) is 21.2 Å². The zero-order valence-electron chi connectivity index (χ0n) is 18.3. The fourth-order valence-electron chi connectivity index (χ4n) is 3.04. The van der Waals surface area contributed by atoms with E-state index in [0.717, 1.165) is 32.5 Å². The van der Waals surface area contributed by atoms with Gasteiger partial charge in [0.25, 0.3) is 5.91 Å². The highest BCUT2D eigenvalue weighted by Gasteiger charge is 2.19. The van der Waals surface area contributed by atoms with E-state index in [9.17, 15) is 18.0 Å². The third-order valence-electron chi connectivity index (χ3n) is 5.00. The summed E-state index contributed by atoms with van der Waals surface area (Å²) in [6.45, 7) is 2.30. The molecule has 2 aromatic carbocycles. The minimum Gasteiger partial charge on any atom is -0.497 e. The summed E-state index contributed by atoms with van der Waals surface area (Å²) in [5.74, 6) is 0.421. The van der Waals surface area contributed by atoms with E-state index in [1.54, 1.807) is 26.2 Å². The maximum absolute atomic E-state index is 12.6. The number of carbonyl (C=O) groups is 1. The lowest BCUT2D eigenvalue weighted by atomic mass is 10.2. The maximum atomic E-state index is 12.6. The van der Waals surface area contributed by atoms with Gasteiger partial charge in [-0.15, -0.1) is 0 Å². The molecule has 3 rings (SSSR count). The Hall–Kier alpha value is -2.95. The highest BCUT2D eigenvalue weighted by Crippen LogP contribution is 2.17. The standard InChI is InChI=1S/C22H25N3O5S2/c1-15-20(21(26)23-13-16-5-9-18(30-4)10-6-16)31-22(27)25(15)14-17-7-11-19(12-8-17)32(28,29)24(2)3/h5-12H,13-14H2,1-4H3,(H,23,26). The molecule has 1 aromatic heterocycles. The Morgan fingerprint density at radius 1 is 1.06 bits per heavy atom. The molecule has 0 saturated heterocycles. The summed E-state index contributed by atoms with van der Waals surface area (Å²) in [5, 5.41) is 2.84. The predicted octanol–water partition coefficient (Wildman–Crippen LogP) is 2.46. The molecule has 32 heavy (non-hydrogen) atoms. The molecule has 0 spiro atoms. The molecular formula is C22H25N3O5S2. The number of carbonyl (C=O) groups excluding carboxylic acids is 1. The fraction of sp³-hybridized carbons (Fsp3) is 0.273. The molecule has 0 aliphatic carbocycles. The van der Waals surface area contributed by atoms with Crippen molar-refractivity contribution >= 4 is 27.3 Å². The number of hydrogen-bond acceptors (Lipinski definition) is 6. The van der Waals surface area contributed by atoms with Crippen LogP contribution < -0.4 is 14.9 Å². The molecule has 0 saturated carbocycles. The van der Waals surface area contributed by atoms with Crippen LogP contribution in [0.15, 0.2) is 58.2 Å².